The highest BCUT2D eigenvalue weighted by Crippen LogP contribution is 2.55. The van der Waals surface area contributed by atoms with E-state index in [1.54, 1.807) is 42.5 Å². The Morgan fingerprint density at radius 3 is 1.94 bits per heavy atom. The maximum absolute atomic E-state index is 13.2. The molecule has 0 unspecified atom stereocenters. The molecule has 0 radical (unpaired) electrons. The molecule has 0 saturated carbocycles. The van der Waals surface area contributed by atoms with E-state index < -0.39 is 0 Å². The second-order valence-corrected chi connectivity index (χ2v) is 9.43. The van der Waals surface area contributed by atoms with Gasteiger partial charge in [-0.1, -0.05) is 82.0 Å². The van der Waals surface area contributed by atoms with Crippen molar-refractivity contribution >= 4 is 17.3 Å². The van der Waals surface area contributed by atoms with Crippen LogP contribution in [-0.4, -0.2) is 16.5 Å². The van der Waals surface area contributed by atoms with Crippen molar-refractivity contribution < 1.29 is 14.5 Å². The molecule has 0 bridgehead atoms. The highest BCUT2D eigenvalue weighted by atomic mass is 16.6. The smallest absolute Gasteiger partial charge is 0.269 e. The number of non-ortho nitro benzene ring substituents is 1. The molecule has 35 heavy (non-hydrogen) atoms. The molecular formula is C30H31NO4. The predicted octanol–water partition coefficient (Wildman–Crippen LogP) is 7.70. The van der Waals surface area contributed by atoms with Gasteiger partial charge in [-0.05, 0) is 47.2 Å². The summed E-state index contributed by atoms with van der Waals surface area (Å²) < 4.78 is 0. The summed E-state index contributed by atoms with van der Waals surface area (Å²) in [6, 6.07) is 19.7. The fraction of sp³-hybridized carbons (Fsp3) is 0.333. The van der Waals surface area contributed by atoms with E-state index in [1.807, 2.05) is 24.3 Å². The molecule has 1 aliphatic carbocycles. The number of unbranched alkanes of at least 4 members (excludes halogenated alkanes) is 2. The lowest BCUT2D eigenvalue weighted by Gasteiger charge is -2.32. The van der Waals surface area contributed by atoms with Crippen molar-refractivity contribution in [1.29, 1.82) is 0 Å². The number of rotatable bonds is 11. The monoisotopic (exact) mass is 469 g/mol. The minimum Gasteiger partial charge on any atom is -0.294 e. The van der Waals surface area contributed by atoms with Gasteiger partial charge in [0, 0.05) is 28.7 Å². The third-order valence-corrected chi connectivity index (χ3v) is 7.21. The zero-order chi connectivity index (χ0) is 25.0. The fourth-order valence-corrected chi connectivity index (χ4v) is 5.36. The Hall–Kier alpha value is -3.60. The minimum atomic E-state index is -0.373. The molecule has 0 saturated heterocycles. The van der Waals surface area contributed by atoms with Crippen LogP contribution in [0, 0.1) is 10.1 Å². The average Bonchev–Trinajstić information content (AvgIpc) is 3.15. The Morgan fingerprint density at radius 1 is 0.771 bits per heavy atom. The van der Waals surface area contributed by atoms with Crippen molar-refractivity contribution in [3.05, 3.63) is 99.1 Å². The minimum absolute atomic E-state index is 0.0960. The van der Waals surface area contributed by atoms with Crippen LogP contribution >= 0.6 is 0 Å². The summed E-state index contributed by atoms with van der Waals surface area (Å²) in [6.45, 7) is 4.29. The Kier molecular flexibility index (Phi) is 7.25. The number of Topliss-reactive ketones (excluding diaryl/α,β-unsaturated/α-hetero) is 2. The maximum atomic E-state index is 13.2. The highest BCUT2D eigenvalue weighted by molar-refractivity contribution is 6.13. The zero-order valence-electron chi connectivity index (χ0n) is 20.4. The van der Waals surface area contributed by atoms with Gasteiger partial charge in [-0.25, -0.2) is 0 Å². The number of nitro benzene ring substituents is 1. The molecule has 0 heterocycles. The van der Waals surface area contributed by atoms with Gasteiger partial charge in [0.15, 0.2) is 11.6 Å². The zero-order valence-corrected chi connectivity index (χ0v) is 20.4. The number of nitro groups is 1. The van der Waals surface area contributed by atoms with Crippen molar-refractivity contribution in [2.75, 3.05) is 0 Å². The van der Waals surface area contributed by atoms with E-state index in [-0.39, 0.29) is 34.0 Å². The van der Waals surface area contributed by atoms with Crippen LogP contribution in [0.3, 0.4) is 0 Å². The van der Waals surface area contributed by atoms with Gasteiger partial charge in [0.2, 0.25) is 0 Å². The van der Waals surface area contributed by atoms with Crippen LogP contribution in [0.25, 0.3) is 11.1 Å². The summed E-state index contributed by atoms with van der Waals surface area (Å²) in [4.78, 5) is 37.1. The van der Waals surface area contributed by atoms with Crippen molar-refractivity contribution in [3.63, 3.8) is 0 Å². The van der Waals surface area contributed by atoms with Crippen LogP contribution in [0.2, 0.25) is 0 Å². The van der Waals surface area contributed by atoms with Gasteiger partial charge in [0.1, 0.15) is 0 Å². The molecule has 3 aromatic rings. The number of hydrogen-bond acceptors (Lipinski definition) is 4. The van der Waals surface area contributed by atoms with E-state index in [9.17, 15) is 19.7 Å². The number of ketones is 2. The highest BCUT2D eigenvalue weighted by Gasteiger charge is 2.43. The van der Waals surface area contributed by atoms with E-state index in [4.69, 9.17) is 0 Å². The summed E-state index contributed by atoms with van der Waals surface area (Å²) in [6.07, 6.45) is 5.54. The van der Waals surface area contributed by atoms with Crippen LogP contribution in [-0.2, 0) is 5.41 Å². The first-order chi connectivity index (χ1) is 16.9. The van der Waals surface area contributed by atoms with Gasteiger partial charge in [-0.15, -0.1) is 0 Å². The molecule has 0 atom stereocenters. The number of fused-ring (bicyclic) bond motifs is 3. The van der Waals surface area contributed by atoms with E-state index in [0.29, 0.717) is 11.1 Å². The van der Waals surface area contributed by atoms with Gasteiger partial charge in [0.05, 0.1) is 11.3 Å². The van der Waals surface area contributed by atoms with Crippen LogP contribution < -0.4 is 0 Å². The molecule has 180 valence electrons. The predicted molar refractivity (Wildman–Crippen MR) is 138 cm³/mol. The molecule has 0 aliphatic heterocycles. The third-order valence-electron chi connectivity index (χ3n) is 7.21. The normalized spacial score (nSPS) is 13.2. The van der Waals surface area contributed by atoms with E-state index >= 15 is 0 Å². The first kappa shape index (κ1) is 24.5. The molecule has 0 fully saturated rings. The summed E-state index contributed by atoms with van der Waals surface area (Å²) >= 11 is 0. The molecule has 0 spiro atoms. The number of carbonyl (C=O) groups is 2. The van der Waals surface area contributed by atoms with E-state index in [1.165, 1.54) is 0 Å². The first-order valence-electron chi connectivity index (χ1n) is 12.5. The average molecular weight is 470 g/mol. The lowest BCUT2D eigenvalue weighted by Crippen LogP contribution is -2.26. The molecule has 5 nitrogen and oxygen atoms in total. The Balaban J connectivity index is 1.78. The molecule has 0 aromatic heterocycles. The quantitative estimate of drug-likeness (QED) is 0.125. The Bertz CT molecular complexity index is 1250. The van der Waals surface area contributed by atoms with Crippen LogP contribution in [0.4, 0.5) is 5.69 Å². The van der Waals surface area contributed by atoms with Crippen molar-refractivity contribution in [2.45, 2.75) is 64.2 Å². The molecule has 3 aromatic carbocycles. The fourth-order valence-electron chi connectivity index (χ4n) is 5.36. The maximum Gasteiger partial charge on any atom is 0.269 e. The second kappa shape index (κ2) is 10.3. The van der Waals surface area contributed by atoms with E-state index in [2.05, 4.69) is 13.8 Å². The lowest BCUT2D eigenvalue weighted by atomic mass is 9.70. The summed E-state index contributed by atoms with van der Waals surface area (Å²) in [5.74, 6) is -0.401. The Morgan fingerprint density at radius 2 is 1.34 bits per heavy atom. The number of nitrogens with zero attached hydrogens (tertiary/aromatic N) is 1. The molecule has 5 heteroatoms. The van der Waals surface area contributed by atoms with Crippen molar-refractivity contribution in [2.24, 2.45) is 0 Å². The molecular weight excluding hydrogens is 438 g/mol. The first-order valence-corrected chi connectivity index (χ1v) is 12.5. The van der Waals surface area contributed by atoms with Gasteiger partial charge in [-0.3, -0.25) is 19.7 Å². The van der Waals surface area contributed by atoms with Crippen LogP contribution in [0.15, 0.2) is 66.7 Å². The third kappa shape index (κ3) is 4.68. The largest absolute Gasteiger partial charge is 0.294 e. The molecule has 4 rings (SSSR count). The number of benzene rings is 3. The summed E-state index contributed by atoms with van der Waals surface area (Å²) in [7, 11) is 0. The van der Waals surface area contributed by atoms with Gasteiger partial charge in [-0.2, -0.15) is 0 Å². The SMILES string of the molecule is CCCCC1(CCCC)c2cc(C(=O)CC(=O)c3ccccc3)ccc2-c2ccc([N+](=O)[O-])cc21. The number of carbonyl (C=O) groups excluding carboxylic acids is 2. The van der Waals surface area contributed by atoms with Crippen molar-refractivity contribution in [3.8, 4) is 11.1 Å². The van der Waals surface area contributed by atoms with Crippen LogP contribution in [0.1, 0.15) is 90.6 Å². The topological polar surface area (TPSA) is 77.3 Å². The van der Waals surface area contributed by atoms with Gasteiger partial charge < -0.3 is 0 Å². The standard InChI is InChI=1S/C30H31NO4/c1-3-5-16-30(17-6-4-2)26-18-22(29(33)20-28(32)21-10-8-7-9-11-21)12-14-24(26)25-15-13-23(31(34)35)19-27(25)30/h7-15,18-19H,3-6,16-17,20H2,1-2H3. The Labute approximate surface area is 206 Å². The molecule has 0 amide bonds. The molecule has 1 aliphatic rings. The van der Waals surface area contributed by atoms with Gasteiger partial charge in [0.25, 0.3) is 5.69 Å². The summed E-state index contributed by atoms with van der Waals surface area (Å²) in [5.41, 5.74) is 4.88. The van der Waals surface area contributed by atoms with E-state index in [0.717, 1.165) is 60.8 Å². The second-order valence-electron chi connectivity index (χ2n) is 9.43. The lowest BCUT2D eigenvalue weighted by molar-refractivity contribution is -0.384. The van der Waals surface area contributed by atoms with Crippen molar-refractivity contribution in [1.82, 2.24) is 0 Å². The summed E-state index contributed by atoms with van der Waals surface area (Å²) in [5, 5.41) is 11.6. The van der Waals surface area contributed by atoms with Crippen LogP contribution in [0.5, 0.6) is 0 Å². The molecule has 0 N–H and O–H groups in total. The van der Waals surface area contributed by atoms with Gasteiger partial charge >= 0.3 is 0 Å². The number of hydrogen-bond donors (Lipinski definition) is 0.